The van der Waals surface area contributed by atoms with Crippen molar-refractivity contribution in [2.24, 2.45) is 0 Å². The summed E-state index contributed by atoms with van der Waals surface area (Å²) in [5, 5.41) is 7.30. The number of benzene rings is 1. The molecule has 19 heavy (non-hydrogen) atoms. The average molecular weight is 272 g/mol. The van der Waals surface area contributed by atoms with Crippen LogP contribution in [0.4, 0.5) is 17.6 Å². The van der Waals surface area contributed by atoms with Gasteiger partial charge < -0.3 is 4.74 Å². The molecule has 2 rings (SSSR count). The van der Waals surface area contributed by atoms with E-state index in [2.05, 4.69) is 10.2 Å². The molecule has 1 aromatic carbocycles. The summed E-state index contributed by atoms with van der Waals surface area (Å²) in [5.41, 5.74) is -0.967. The Kier molecular flexibility index (Phi) is 3.37. The van der Waals surface area contributed by atoms with Crippen LogP contribution in [0.2, 0.25) is 0 Å². The summed E-state index contributed by atoms with van der Waals surface area (Å²) in [6.07, 6.45) is -4.58. The Balaban J connectivity index is 2.40. The van der Waals surface area contributed by atoms with Gasteiger partial charge in [-0.25, -0.2) is 4.39 Å². The zero-order chi connectivity index (χ0) is 14.0. The minimum absolute atomic E-state index is 0.0526. The molecule has 0 bridgehead atoms. The van der Waals surface area contributed by atoms with Gasteiger partial charge in [-0.1, -0.05) is 0 Å². The highest BCUT2D eigenvalue weighted by Gasteiger charge is 2.31. The highest BCUT2D eigenvalue weighted by Crippen LogP contribution is 2.32. The van der Waals surface area contributed by atoms with E-state index in [1.165, 1.54) is 19.2 Å². The number of methoxy groups -OCH3 is 1. The van der Waals surface area contributed by atoms with Crippen molar-refractivity contribution in [3.05, 3.63) is 41.7 Å². The zero-order valence-corrected chi connectivity index (χ0v) is 9.70. The summed E-state index contributed by atoms with van der Waals surface area (Å²) in [5.74, 6) is -0.773. The van der Waals surface area contributed by atoms with E-state index in [-0.39, 0.29) is 17.1 Å². The van der Waals surface area contributed by atoms with Gasteiger partial charge in [-0.15, -0.1) is 10.2 Å². The SMILES string of the molecule is COc1ccc(-c2ccc(C(F)(F)F)cc2F)nn1. The number of ether oxygens (including phenoxy) is 1. The van der Waals surface area contributed by atoms with E-state index in [9.17, 15) is 17.6 Å². The fourth-order valence-corrected chi connectivity index (χ4v) is 1.47. The normalized spacial score (nSPS) is 11.4. The van der Waals surface area contributed by atoms with E-state index in [0.717, 1.165) is 12.1 Å². The molecule has 0 aliphatic heterocycles. The smallest absolute Gasteiger partial charge is 0.416 e. The third-order valence-electron chi connectivity index (χ3n) is 2.42. The maximum atomic E-state index is 13.6. The third-order valence-corrected chi connectivity index (χ3v) is 2.42. The molecule has 3 nitrogen and oxygen atoms in total. The molecule has 0 aliphatic rings. The standard InChI is InChI=1S/C12H8F4N2O/c1-19-11-5-4-10(17-18-11)8-3-2-7(6-9(8)13)12(14,15)16/h2-6H,1H3. The topological polar surface area (TPSA) is 35.0 Å². The van der Waals surface area contributed by atoms with Crippen LogP contribution in [-0.4, -0.2) is 17.3 Å². The van der Waals surface area contributed by atoms with Gasteiger partial charge in [0.15, 0.2) is 0 Å². The highest BCUT2D eigenvalue weighted by molar-refractivity contribution is 5.60. The van der Waals surface area contributed by atoms with E-state index in [4.69, 9.17) is 4.74 Å². The summed E-state index contributed by atoms with van der Waals surface area (Å²) in [7, 11) is 1.39. The second-order valence-electron chi connectivity index (χ2n) is 3.65. The molecule has 1 heterocycles. The van der Waals surface area contributed by atoms with E-state index >= 15 is 0 Å². The summed E-state index contributed by atoms with van der Waals surface area (Å²) in [6.45, 7) is 0. The Morgan fingerprint density at radius 2 is 1.79 bits per heavy atom. The van der Waals surface area contributed by atoms with Crippen molar-refractivity contribution < 1.29 is 22.3 Å². The molecule has 0 saturated carbocycles. The summed E-state index contributed by atoms with van der Waals surface area (Å²) < 4.78 is 55.6. The number of rotatable bonds is 2. The van der Waals surface area contributed by atoms with Crippen LogP contribution in [0.1, 0.15) is 5.56 Å². The highest BCUT2D eigenvalue weighted by atomic mass is 19.4. The van der Waals surface area contributed by atoms with Crippen molar-refractivity contribution in [2.75, 3.05) is 7.11 Å². The van der Waals surface area contributed by atoms with Crippen LogP contribution >= 0.6 is 0 Å². The molecular formula is C12H8F4N2O. The van der Waals surface area contributed by atoms with E-state index in [1.54, 1.807) is 0 Å². The van der Waals surface area contributed by atoms with Crippen LogP contribution in [0.3, 0.4) is 0 Å². The van der Waals surface area contributed by atoms with Crippen molar-refractivity contribution in [3.8, 4) is 17.1 Å². The Labute approximate surface area is 105 Å². The Morgan fingerprint density at radius 3 is 2.26 bits per heavy atom. The van der Waals surface area contributed by atoms with Crippen molar-refractivity contribution in [3.63, 3.8) is 0 Å². The minimum atomic E-state index is -4.58. The van der Waals surface area contributed by atoms with Crippen LogP contribution in [0.5, 0.6) is 5.88 Å². The van der Waals surface area contributed by atoms with E-state index in [1.807, 2.05) is 0 Å². The van der Waals surface area contributed by atoms with Gasteiger partial charge in [0.25, 0.3) is 0 Å². The van der Waals surface area contributed by atoms with Gasteiger partial charge in [0.05, 0.1) is 18.4 Å². The zero-order valence-electron chi connectivity index (χ0n) is 9.70. The first-order chi connectivity index (χ1) is 8.91. The largest absolute Gasteiger partial charge is 0.480 e. The minimum Gasteiger partial charge on any atom is -0.480 e. The fraction of sp³-hybridized carbons (Fsp3) is 0.167. The molecule has 0 N–H and O–H groups in total. The molecule has 0 unspecified atom stereocenters. The Hall–Kier alpha value is -2.18. The summed E-state index contributed by atoms with van der Waals surface area (Å²) >= 11 is 0. The maximum absolute atomic E-state index is 13.6. The third kappa shape index (κ3) is 2.81. The first-order valence-corrected chi connectivity index (χ1v) is 5.16. The lowest BCUT2D eigenvalue weighted by molar-refractivity contribution is -0.137. The number of hydrogen-bond acceptors (Lipinski definition) is 3. The quantitative estimate of drug-likeness (QED) is 0.787. The molecule has 0 fully saturated rings. The van der Waals surface area contributed by atoms with Crippen LogP contribution in [0.15, 0.2) is 30.3 Å². The summed E-state index contributed by atoms with van der Waals surface area (Å²) in [4.78, 5) is 0. The molecule has 2 aromatic rings. The average Bonchev–Trinajstić information content (AvgIpc) is 2.38. The number of aromatic nitrogens is 2. The van der Waals surface area contributed by atoms with Crippen molar-refractivity contribution in [2.45, 2.75) is 6.18 Å². The van der Waals surface area contributed by atoms with Crippen LogP contribution < -0.4 is 4.74 Å². The first-order valence-electron chi connectivity index (χ1n) is 5.16. The monoisotopic (exact) mass is 272 g/mol. The molecular weight excluding hydrogens is 264 g/mol. The maximum Gasteiger partial charge on any atom is 0.416 e. The molecule has 0 atom stereocenters. The molecule has 0 spiro atoms. The summed E-state index contributed by atoms with van der Waals surface area (Å²) in [6, 6.07) is 5.11. The van der Waals surface area contributed by atoms with Gasteiger partial charge in [0, 0.05) is 11.6 Å². The molecule has 7 heteroatoms. The van der Waals surface area contributed by atoms with Crippen molar-refractivity contribution in [1.29, 1.82) is 0 Å². The van der Waals surface area contributed by atoms with Gasteiger partial charge in [-0.2, -0.15) is 13.2 Å². The molecule has 0 amide bonds. The van der Waals surface area contributed by atoms with E-state index in [0.29, 0.717) is 6.07 Å². The van der Waals surface area contributed by atoms with Gasteiger partial charge in [0.2, 0.25) is 5.88 Å². The number of nitrogens with zero attached hydrogens (tertiary/aromatic N) is 2. The Morgan fingerprint density at radius 1 is 1.05 bits per heavy atom. The van der Waals surface area contributed by atoms with Crippen LogP contribution in [0.25, 0.3) is 11.3 Å². The van der Waals surface area contributed by atoms with Gasteiger partial charge >= 0.3 is 6.18 Å². The molecule has 1 aromatic heterocycles. The molecule has 0 radical (unpaired) electrons. The second kappa shape index (κ2) is 4.83. The lowest BCUT2D eigenvalue weighted by atomic mass is 10.1. The van der Waals surface area contributed by atoms with Crippen molar-refractivity contribution in [1.82, 2.24) is 10.2 Å². The predicted molar refractivity (Wildman–Crippen MR) is 59.0 cm³/mol. The van der Waals surface area contributed by atoms with E-state index < -0.39 is 17.6 Å². The Bertz CT molecular complexity index is 581. The fourth-order valence-electron chi connectivity index (χ4n) is 1.47. The van der Waals surface area contributed by atoms with Gasteiger partial charge in [-0.3, -0.25) is 0 Å². The van der Waals surface area contributed by atoms with Crippen molar-refractivity contribution >= 4 is 0 Å². The first kappa shape index (κ1) is 13.3. The van der Waals surface area contributed by atoms with Crippen LogP contribution in [0, 0.1) is 5.82 Å². The lowest BCUT2D eigenvalue weighted by Gasteiger charge is -2.08. The number of alkyl halides is 3. The molecule has 100 valence electrons. The van der Waals surface area contributed by atoms with Gasteiger partial charge in [-0.05, 0) is 24.3 Å². The lowest BCUT2D eigenvalue weighted by Crippen LogP contribution is -2.05. The van der Waals surface area contributed by atoms with Gasteiger partial charge in [0.1, 0.15) is 5.82 Å². The van der Waals surface area contributed by atoms with Crippen LogP contribution in [-0.2, 0) is 6.18 Å². The predicted octanol–water partition coefficient (Wildman–Crippen LogP) is 3.31. The molecule has 0 saturated heterocycles. The number of hydrogen-bond donors (Lipinski definition) is 0. The second-order valence-corrected chi connectivity index (χ2v) is 3.65. The molecule has 0 aliphatic carbocycles. The number of halogens is 4.